The van der Waals surface area contributed by atoms with Gasteiger partial charge < -0.3 is 10.6 Å². The lowest BCUT2D eigenvalue weighted by molar-refractivity contribution is -0.384. The Balaban J connectivity index is 2.45. The van der Waals surface area contributed by atoms with E-state index in [0.29, 0.717) is 10.7 Å². The Morgan fingerprint density at radius 1 is 1.45 bits per heavy atom. The summed E-state index contributed by atoms with van der Waals surface area (Å²) in [5, 5.41) is 17.0. The number of nitrogens with zero attached hydrogens (tertiary/aromatic N) is 3. The number of hydrogen-bond donors (Lipinski definition) is 2. The number of halogens is 2. The van der Waals surface area contributed by atoms with Crippen LogP contribution in [-0.4, -0.2) is 21.9 Å². The molecule has 20 heavy (non-hydrogen) atoms. The van der Waals surface area contributed by atoms with Gasteiger partial charge in [0.1, 0.15) is 6.20 Å². The molecule has 1 aromatic carbocycles. The molecule has 0 radical (unpaired) electrons. The average Bonchev–Trinajstić information content (AvgIpc) is 2.42. The molecular formula is C11H9BrClN5O2. The summed E-state index contributed by atoms with van der Waals surface area (Å²) < 4.78 is 0.787. The summed E-state index contributed by atoms with van der Waals surface area (Å²) in [6.07, 6.45) is 1.13. The Hall–Kier alpha value is -1.93. The maximum absolute atomic E-state index is 11.0. The van der Waals surface area contributed by atoms with Gasteiger partial charge in [-0.1, -0.05) is 27.5 Å². The van der Waals surface area contributed by atoms with Gasteiger partial charge in [0.25, 0.3) is 0 Å². The van der Waals surface area contributed by atoms with Crippen LogP contribution in [0.25, 0.3) is 0 Å². The molecule has 0 bridgehead atoms. The average molecular weight is 359 g/mol. The quantitative estimate of drug-likeness (QED) is 0.641. The van der Waals surface area contributed by atoms with E-state index in [2.05, 4.69) is 36.5 Å². The van der Waals surface area contributed by atoms with Gasteiger partial charge in [-0.25, -0.2) is 4.98 Å². The van der Waals surface area contributed by atoms with Crippen LogP contribution < -0.4 is 10.6 Å². The van der Waals surface area contributed by atoms with Crippen LogP contribution in [0.2, 0.25) is 5.02 Å². The van der Waals surface area contributed by atoms with Gasteiger partial charge in [-0.3, -0.25) is 10.1 Å². The van der Waals surface area contributed by atoms with E-state index in [0.717, 1.165) is 10.7 Å². The lowest BCUT2D eigenvalue weighted by atomic mass is 10.3. The lowest BCUT2D eigenvalue weighted by Crippen LogP contribution is -2.04. The van der Waals surface area contributed by atoms with Crippen molar-refractivity contribution in [1.29, 1.82) is 0 Å². The Morgan fingerprint density at radius 2 is 2.20 bits per heavy atom. The van der Waals surface area contributed by atoms with Gasteiger partial charge in [-0.15, -0.1) is 0 Å². The van der Waals surface area contributed by atoms with Crippen LogP contribution in [0.4, 0.5) is 23.1 Å². The highest BCUT2D eigenvalue weighted by molar-refractivity contribution is 9.10. The van der Waals surface area contributed by atoms with Crippen LogP contribution in [-0.2, 0) is 0 Å². The van der Waals surface area contributed by atoms with Gasteiger partial charge in [0.15, 0.2) is 0 Å². The lowest BCUT2D eigenvalue weighted by Gasteiger charge is -2.09. The third-order valence-electron chi connectivity index (χ3n) is 2.37. The molecule has 2 N–H and O–H groups in total. The highest BCUT2D eigenvalue weighted by atomic mass is 79.9. The summed E-state index contributed by atoms with van der Waals surface area (Å²) in [5.41, 5.74) is 0.268. The molecule has 0 spiro atoms. The Kier molecular flexibility index (Phi) is 4.35. The first-order chi connectivity index (χ1) is 9.51. The third-order valence-corrected chi connectivity index (χ3v) is 3.19. The molecule has 0 atom stereocenters. The minimum atomic E-state index is -0.562. The smallest absolute Gasteiger partial charge is 0.329 e. The maximum atomic E-state index is 11.0. The second-order valence-electron chi connectivity index (χ2n) is 3.68. The fourth-order valence-electron chi connectivity index (χ4n) is 1.44. The summed E-state index contributed by atoms with van der Waals surface area (Å²) in [4.78, 5) is 18.3. The molecule has 0 aliphatic rings. The van der Waals surface area contributed by atoms with Crippen LogP contribution in [0.15, 0.2) is 28.9 Å². The number of anilines is 3. The molecule has 104 valence electrons. The summed E-state index contributed by atoms with van der Waals surface area (Å²) in [5.74, 6) is 0.332. The highest BCUT2D eigenvalue weighted by Gasteiger charge is 2.18. The number of rotatable bonds is 4. The molecule has 2 rings (SSSR count). The van der Waals surface area contributed by atoms with Crippen molar-refractivity contribution in [1.82, 2.24) is 9.97 Å². The van der Waals surface area contributed by atoms with Gasteiger partial charge in [-0.05, 0) is 18.2 Å². The molecule has 2 aromatic rings. The molecule has 0 saturated heterocycles. The predicted molar refractivity (Wildman–Crippen MR) is 80.7 cm³/mol. The van der Waals surface area contributed by atoms with Gasteiger partial charge in [0.2, 0.25) is 11.8 Å². The van der Waals surface area contributed by atoms with Crippen molar-refractivity contribution in [3.63, 3.8) is 0 Å². The van der Waals surface area contributed by atoms with Crippen molar-refractivity contribution in [2.24, 2.45) is 0 Å². The number of nitro groups is 1. The van der Waals surface area contributed by atoms with Crippen molar-refractivity contribution in [2.75, 3.05) is 17.7 Å². The van der Waals surface area contributed by atoms with E-state index in [1.807, 2.05) is 0 Å². The maximum Gasteiger partial charge on any atom is 0.329 e. The largest absolute Gasteiger partial charge is 0.357 e. The molecule has 0 fully saturated rings. The monoisotopic (exact) mass is 357 g/mol. The molecule has 1 aromatic heterocycles. The van der Waals surface area contributed by atoms with Crippen molar-refractivity contribution >= 4 is 50.7 Å². The number of nitrogens with one attached hydrogen (secondary N) is 2. The minimum Gasteiger partial charge on any atom is -0.357 e. The first kappa shape index (κ1) is 14.5. The van der Waals surface area contributed by atoms with E-state index in [-0.39, 0.29) is 17.5 Å². The molecule has 0 amide bonds. The van der Waals surface area contributed by atoms with Gasteiger partial charge in [0.05, 0.1) is 15.6 Å². The van der Waals surface area contributed by atoms with Crippen LogP contribution in [0.3, 0.4) is 0 Å². The summed E-state index contributed by atoms with van der Waals surface area (Å²) in [6, 6.07) is 5.13. The molecule has 7 nitrogen and oxygen atoms in total. The normalized spacial score (nSPS) is 10.2. The molecular weight excluding hydrogens is 350 g/mol. The minimum absolute atomic E-state index is 0.0642. The zero-order valence-electron chi connectivity index (χ0n) is 10.2. The summed E-state index contributed by atoms with van der Waals surface area (Å²) >= 11 is 9.35. The van der Waals surface area contributed by atoms with Crippen molar-refractivity contribution in [2.45, 2.75) is 0 Å². The van der Waals surface area contributed by atoms with Crippen LogP contribution in [0.1, 0.15) is 0 Å². The Labute approximate surface area is 127 Å². The second-order valence-corrected chi connectivity index (χ2v) is 5.01. The molecule has 9 heteroatoms. The van der Waals surface area contributed by atoms with E-state index in [1.165, 1.54) is 0 Å². The van der Waals surface area contributed by atoms with E-state index in [1.54, 1.807) is 25.2 Å². The van der Waals surface area contributed by atoms with Crippen molar-refractivity contribution in [3.05, 3.63) is 44.0 Å². The summed E-state index contributed by atoms with van der Waals surface area (Å²) in [7, 11) is 1.62. The van der Waals surface area contributed by atoms with Crippen LogP contribution in [0.5, 0.6) is 0 Å². The van der Waals surface area contributed by atoms with E-state index in [4.69, 9.17) is 11.6 Å². The molecule has 1 heterocycles. The zero-order chi connectivity index (χ0) is 14.7. The van der Waals surface area contributed by atoms with E-state index >= 15 is 0 Å². The van der Waals surface area contributed by atoms with Crippen LogP contribution in [0, 0.1) is 10.1 Å². The van der Waals surface area contributed by atoms with Crippen LogP contribution >= 0.6 is 27.5 Å². The predicted octanol–water partition coefficient (Wildman–Crippen LogP) is 3.59. The fourth-order valence-corrected chi connectivity index (χ4v) is 1.97. The zero-order valence-corrected chi connectivity index (χ0v) is 12.6. The van der Waals surface area contributed by atoms with Crippen molar-refractivity contribution < 1.29 is 4.92 Å². The first-order valence-electron chi connectivity index (χ1n) is 5.42. The Bertz CT molecular complexity index is 667. The van der Waals surface area contributed by atoms with E-state index < -0.39 is 4.92 Å². The fraction of sp³-hybridized carbons (Fsp3) is 0.0909. The van der Waals surface area contributed by atoms with Gasteiger partial charge in [-0.2, -0.15) is 4.98 Å². The summed E-state index contributed by atoms with van der Waals surface area (Å²) in [6.45, 7) is 0. The van der Waals surface area contributed by atoms with Gasteiger partial charge >= 0.3 is 5.69 Å². The molecule has 0 saturated carbocycles. The number of benzene rings is 1. The highest BCUT2D eigenvalue weighted by Crippen LogP contribution is 2.31. The molecule has 0 aliphatic carbocycles. The first-order valence-corrected chi connectivity index (χ1v) is 6.59. The molecule has 0 unspecified atom stereocenters. The van der Waals surface area contributed by atoms with Crippen molar-refractivity contribution in [3.8, 4) is 0 Å². The number of aromatic nitrogens is 2. The Morgan fingerprint density at radius 3 is 2.85 bits per heavy atom. The standard InChI is InChI=1S/C11H9BrClN5O2/c1-14-11-15-5-9(18(19)20)10(17-11)16-8-4-6(12)2-3-7(8)13/h2-5H,1H3,(H2,14,15,16,17). The second kappa shape index (κ2) is 6.02. The number of hydrogen-bond acceptors (Lipinski definition) is 6. The molecule has 0 aliphatic heterocycles. The topological polar surface area (TPSA) is 93.0 Å². The third kappa shape index (κ3) is 3.14. The SMILES string of the molecule is CNc1ncc([N+](=O)[O-])c(Nc2cc(Br)ccc2Cl)n1. The van der Waals surface area contributed by atoms with E-state index in [9.17, 15) is 10.1 Å². The van der Waals surface area contributed by atoms with Gasteiger partial charge in [0, 0.05) is 11.5 Å².